The fourth-order valence-corrected chi connectivity index (χ4v) is 4.86. The predicted molar refractivity (Wildman–Crippen MR) is 121 cm³/mol. The molecule has 0 aliphatic heterocycles. The van der Waals surface area contributed by atoms with Crippen molar-refractivity contribution in [3.63, 3.8) is 0 Å². The summed E-state index contributed by atoms with van der Waals surface area (Å²) in [5.74, 6) is 0.669. The van der Waals surface area contributed by atoms with Crippen molar-refractivity contribution in [3.8, 4) is 11.4 Å². The lowest BCUT2D eigenvalue weighted by atomic mass is 9.94. The highest BCUT2D eigenvalue weighted by molar-refractivity contribution is 5.92. The zero-order valence-corrected chi connectivity index (χ0v) is 17.4. The van der Waals surface area contributed by atoms with Crippen LogP contribution in [0.15, 0.2) is 58.1 Å². The van der Waals surface area contributed by atoms with E-state index in [2.05, 4.69) is 0 Å². The van der Waals surface area contributed by atoms with Crippen molar-refractivity contribution in [2.45, 2.75) is 45.1 Å². The van der Waals surface area contributed by atoms with Crippen LogP contribution in [0.1, 0.15) is 43.7 Å². The maximum Gasteiger partial charge on any atom is 0.267 e. The van der Waals surface area contributed by atoms with Crippen molar-refractivity contribution in [3.05, 3.63) is 74.7 Å². The average Bonchev–Trinajstić information content (AvgIpc) is 2.78. The van der Waals surface area contributed by atoms with Crippen LogP contribution in [0.4, 0.5) is 0 Å². The third-order valence-electron chi connectivity index (χ3n) is 6.48. The maximum atomic E-state index is 13.9. The molecule has 5 heteroatoms. The first-order valence-corrected chi connectivity index (χ1v) is 10.7. The lowest BCUT2D eigenvalue weighted by molar-refractivity contribution is 0.348. The number of benzene rings is 2. The fraction of sp³-hybridized carbons (Fsp3) is 0.320. The third kappa shape index (κ3) is 2.80. The number of aryl methyl sites for hydroxylation is 2. The maximum absolute atomic E-state index is 13.9. The molecule has 0 bridgehead atoms. The molecule has 1 aliphatic carbocycles. The second kappa shape index (κ2) is 7.24. The Morgan fingerprint density at radius 1 is 0.933 bits per heavy atom. The van der Waals surface area contributed by atoms with Crippen molar-refractivity contribution < 1.29 is 0 Å². The van der Waals surface area contributed by atoms with Crippen LogP contribution in [-0.4, -0.2) is 14.1 Å². The molecular weight excluding hydrogens is 374 g/mol. The number of aromatic nitrogens is 3. The number of rotatable bonds is 2. The quantitative estimate of drug-likeness (QED) is 0.458. The van der Waals surface area contributed by atoms with E-state index in [1.807, 2.05) is 65.6 Å². The minimum Gasteiger partial charge on any atom is -0.328 e. The van der Waals surface area contributed by atoms with E-state index >= 15 is 0 Å². The van der Waals surface area contributed by atoms with Crippen LogP contribution in [-0.2, 0) is 7.05 Å². The number of nitrogens with zero attached hydrogens (tertiary/aromatic N) is 3. The first-order valence-electron chi connectivity index (χ1n) is 10.7. The molecule has 152 valence electrons. The lowest BCUT2D eigenvalue weighted by Gasteiger charge is -2.27. The highest BCUT2D eigenvalue weighted by Gasteiger charge is 2.25. The topological polar surface area (TPSA) is 56.9 Å². The van der Waals surface area contributed by atoms with Gasteiger partial charge >= 0.3 is 0 Å². The predicted octanol–water partition coefficient (Wildman–Crippen LogP) is 4.73. The van der Waals surface area contributed by atoms with Crippen LogP contribution < -0.4 is 11.0 Å². The molecule has 1 saturated carbocycles. The molecule has 2 heterocycles. The van der Waals surface area contributed by atoms with Gasteiger partial charge < -0.3 is 4.57 Å². The van der Waals surface area contributed by atoms with Crippen molar-refractivity contribution in [2.75, 3.05) is 0 Å². The van der Waals surface area contributed by atoms with Gasteiger partial charge in [0, 0.05) is 24.0 Å². The Bertz CT molecular complexity index is 1390. The van der Waals surface area contributed by atoms with E-state index in [4.69, 9.17) is 4.98 Å². The molecule has 30 heavy (non-hydrogen) atoms. The van der Waals surface area contributed by atoms with Gasteiger partial charge in [0.1, 0.15) is 11.2 Å². The SMILES string of the molecule is Cc1ccccc1-c1nc2c(c(=O)c3ccccc3n2C)c(=O)n1C1CCCCC1. The van der Waals surface area contributed by atoms with E-state index in [1.165, 1.54) is 6.42 Å². The van der Waals surface area contributed by atoms with Crippen molar-refractivity contribution in [2.24, 2.45) is 7.05 Å². The van der Waals surface area contributed by atoms with Crippen LogP contribution in [0.2, 0.25) is 0 Å². The van der Waals surface area contributed by atoms with Crippen LogP contribution in [0.25, 0.3) is 33.3 Å². The summed E-state index contributed by atoms with van der Waals surface area (Å²) in [5.41, 5.74) is 2.82. The Hall–Kier alpha value is -3.21. The molecule has 0 amide bonds. The van der Waals surface area contributed by atoms with E-state index in [-0.39, 0.29) is 22.4 Å². The largest absolute Gasteiger partial charge is 0.328 e. The van der Waals surface area contributed by atoms with Crippen molar-refractivity contribution in [1.29, 1.82) is 0 Å². The molecule has 4 aromatic rings. The summed E-state index contributed by atoms with van der Waals surface area (Å²) in [5, 5.41) is 0.754. The van der Waals surface area contributed by atoms with E-state index in [0.29, 0.717) is 16.9 Å². The van der Waals surface area contributed by atoms with Crippen LogP contribution in [0, 0.1) is 6.92 Å². The number of fused-ring (bicyclic) bond motifs is 2. The van der Waals surface area contributed by atoms with Gasteiger partial charge in [0.25, 0.3) is 5.56 Å². The molecule has 2 aromatic heterocycles. The second-order valence-electron chi connectivity index (χ2n) is 8.32. The summed E-state index contributed by atoms with van der Waals surface area (Å²) >= 11 is 0. The van der Waals surface area contributed by atoms with E-state index in [9.17, 15) is 9.59 Å². The number of hydrogen-bond donors (Lipinski definition) is 0. The Morgan fingerprint density at radius 2 is 1.63 bits per heavy atom. The first kappa shape index (κ1) is 18.8. The van der Waals surface area contributed by atoms with Crippen LogP contribution >= 0.6 is 0 Å². The fourth-order valence-electron chi connectivity index (χ4n) is 4.86. The molecule has 0 saturated heterocycles. The van der Waals surface area contributed by atoms with Crippen LogP contribution in [0.3, 0.4) is 0 Å². The van der Waals surface area contributed by atoms with E-state index < -0.39 is 0 Å². The zero-order chi connectivity index (χ0) is 20.8. The highest BCUT2D eigenvalue weighted by atomic mass is 16.1. The van der Waals surface area contributed by atoms with E-state index in [1.54, 1.807) is 6.07 Å². The standard InChI is InChI=1S/C25H25N3O2/c1-16-10-6-7-13-18(16)23-26-24-21(25(30)28(23)17-11-4-3-5-12-17)22(29)19-14-8-9-15-20(19)27(24)2/h6-10,13-15,17H,3-5,11-12H2,1-2H3. The van der Waals surface area contributed by atoms with Gasteiger partial charge in [-0.3, -0.25) is 14.2 Å². The molecular formula is C25H25N3O2. The molecule has 0 atom stereocenters. The molecule has 0 N–H and O–H groups in total. The lowest BCUT2D eigenvalue weighted by Crippen LogP contribution is -2.33. The smallest absolute Gasteiger partial charge is 0.267 e. The molecule has 0 radical (unpaired) electrons. The van der Waals surface area contributed by atoms with Gasteiger partial charge in [-0.25, -0.2) is 4.98 Å². The molecule has 1 fully saturated rings. The summed E-state index contributed by atoms with van der Waals surface area (Å²) in [6, 6.07) is 15.5. The summed E-state index contributed by atoms with van der Waals surface area (Å²) in [6.07, 6.45) is 5.27. The van der Waals surface area contributed by atoms with E-state index in [0.717, 1.165) is 42.3 Å². The van der Waals surface area contributed by atoms with Gasteiger partial charge in [-0.15, -0.1) is 0 Å². The Balaban J connectivity index is 1.96. The molecule has 0 unspecified atom stereocenters. The average molecular weight is 399 g/mol. The Kier molecular flexibility index (Phi) is 4.54. The number of hydrogen-bond acceptors (Lipinski definition) is 3. The number of para-hydroxylation sites is 1. The summed E-state index contributed by atoms with van der Waals surface area (Å²) in [6.45, 7) is 2.04. The minimum atomic E-state index is -0.225. The third-order valence-corrected chi connectivity index (χ3v) is 6.48. The van der Waals surface area contributed by atoms with Gasteiger partial charge in [0.05, 0.1) is 5.52 Å². The second-order valence-corrected chi connectivity index (χ2v) is 8.32. The van der Waals surface area contributed by atoms with Gasteiger partial charge in [0.15, 0.2) is 5.65 Å². The summed E-state index contributed by atoms with van der Waals surface area (Å²) < 4.78 is 3.69. The first-order chi connectivity index (χ1) is 14.6. The Labute approximate surface area is 174 Å². The van der Waals surface area contributed by atoms with Gasteiger partial charge in [-0.2, -0.15) is 0 Å². The zero-order valence-electron chi connectivity index (χ0n) is 17.4. The Morgan fingerprint density at radius 3 is 2.40 bits per heavy atom. The molecule has 0 spiro atoms. The molecule has 5 rings (SSSR count). The molecule has 1 aliphatic rings. The van der Waals surface area contributed by atoms with Gasteiger partial charge in [0.2, 0.25) is 5.43 Å². The molecule has 5 nitrogen and oxygen atoms in total. The van der Waals surface area contributed by atoms with Crippen molar-refractivity contribution >= 4 is 21.9 Å². The van der Waals surface area contributed by atoms with Crippen LogP contribution in [0.5, 0.6) is 0 Å². The minimum absolute atomic E-state index is 0.0777. The normalized spacial score (nSPS) is 15.1. The number of pyridine rings is 1. The van der Waals surface area contributed by atoms with Crippen molar-refractivity contribution in [1.82, 2.24) is 14.1 Å². The monoisotopic (exact) mass is 399 g/mol. The summed E-state index contributed by atoms with van der Waals surface area (Å²) in [4.78, 5) is 32.2. The molecule has 2 aromatic carbocycles. The van der Waals surface area contributed by atoms with Gasteiger partial charge in [-0.05, 0) is 37.5 Å². The summed E-state index contributed by atoms with van der Waals surface area (Å²) in [7, 11) is 1.88. The van der Waals surface area contributed by atoms with Gasteiger partial charge in [-0.1, -0.05) is 55.7 Å². The highest BCUT2D eigenvalue weighted by Crippen LogP contribution is 2.32.